The molecule has 0 radical (unpaired) electrons. The fourth-order valence-electron chi connectivity index (χ4n) is 3.52. The fraction of sp³-hybridized carbons (Fsp3) is 0.429. The molecule has 0 aliphatic heterocycles. The van der Waals surface area contributed by atoms with Crippen LogP contribution in [0.3, 0.4) is 0 Å². The number of aryl methyl sites for hydroxylation is 2. The van der Waals surface area contributed by atoms with Crippen molar-refractivity contribution in [3.63, 3.8) is 0 Å². The Morgan fingerprint density at radius 3 is 2.35 bits per heavy atom. The molecule has 138 valence electrons. The highest BCUT2D eigenvalue weighted by molar-refractivity contribution is 5.99. The minimum absolute atomic E-state index is 0.0172. The van der Waals surface area contributed by atoms with E-state index in [1.165, 1.54) is 5.56 Å². The molecule has 2 aromatic rings. The van der Waals surface area contributed by atoms with E-state index >= 15 is 0 Å². The number of benzene rings is 1. The predicted octanol–water partition coefficient (Wildman–Crippen LogP) is 3.52. The molecule has 5 heteroatoms. The third-order valence-electron chi connectivity index (χ3n) is 5.22. The molecular weight excluding hydrogens is 328 g/mol. The maximum Gasteiger partial charge on any atom is 0.320 e. The maximum atomic E-state index is 12.9. The first-order valence-electron chi connectivity index (χ1n) is 9.07. The summed E-state index contributed by atoms with van der Waals surface area (Å²) in [4.78, 5) is 26.1. The topological polar surface area (TPSA) is 62.5 Å². The van der Waals surface area contributed by atoms with Crippen LogP contribution in [0.1, 0.15) is 47.1 Å². The lowest BCUT2D eigenvalue weighted by molar-refractivity contribution is -0.142. The maximum absolute atomic E-state index is 12.9. The van der Waals surface area contributed by atoms with Gasteiger partial charge in [0, 0.05) is 28.7 Å². The van der Waals surface area contributed by atoms with Crippen molar-refractivity contribution < 1.29 is 14.7 Å². The Bertz CT molecular complexity index is 832. The van der Waals surface area contributed by atoms with Gasteiger partial charge in [0.1, 0.15) is 6.04 Å². The molecule has 0 amide bonds. The zero-order valence-electron chi connectivity index (χ0n) is 15.8. The van der Waals surface area contributed by atoms with Gasteiger partial charge in [-0.25, -0.2) is 0 Å². The van der Waals surface area contributed by atoms with Gasteiger partial charge in [0.25, 0.3) is 0 Å². The molecule has 1 fully saturated rings. The number of Topliss-reactive ketones (excluding diaryl/α,β-unsaturated/α-hetero) is 1. The quantitative estimate of drug-likeness (QED) is 0.773. The smallest absolute Gasteiger partial charge is 0.320 e. The summed E-state index contributed by atoms with van der Waals surface area (Å²) in [6.45, 7) is 7.79. The summed E-state index contributed by atoms with van der Waals surface area (Å²) in [6, 6.07) is 9.68. The Hall–Kier alpha value is -2.40. The van der Waals surface area contributed by atoms with Crippen molar-refractivity contribution in [3.05, 3.63) is 52.8 Å². The Morgan fingerprint density at radius 2 is 1.81 bits per heavy atom. The second-order valence-corrected chi connectivity index (χ2v) is 7.30. The number of carbonyl (C=O) groups is 2. The van der Waals surface area contributed by atoms with Crippen molar-refractivity contribution >= 4 is 11.8 Å². The standard InChI is InChI=1S/C21H26N2O3/c1-13-5-7-18(8-6-13)23-14(2)11-19(15(23)3)20(24)12-22(17-9-10-17)16(4)21(25)26/h5-8,11,16-17H,9-10,12H2,1-4H3,(H,25,26). The van der Waals surface area contributed by atoms with E-state index in [-0.39, 0.29) is 18.4 Å². The van der Waals surface area contributed by atoms with E-state index in [1.807, 2.05) is 43.9 Å². The summed E-state index contributed by atoms with van der Waals surface area (Å²) in [5, 5.41) is 9.33. The SMILES string of the molecule is Cc1ccc(-n2c(C)cc(C(=O)CN(C3CC3)C(C)C(=O)O)c2C)cc1. The Balaban J connectivity index is 1.87. The number of hydrogen-bond acceptors (Lipinski definition) is 3. The molecule has 1 N–H and O–H groups in total. The van der Waals surface area contributed by atoms with Crippen LogP contribution in [0.15, 0.2) is 30.3 Å². The van der Waals surface area contributed by atoms with Crippen LogP contribution in [-0.4, -0.2) is 45.0 Å². The average molecular weight is 354 g/mol. The lowest BCUT2D eigenvalue weighted by atomic mass is 10.1. The van der Waals surface area contributed by atoms with Gasteiger partial charge in [-0.05, 0) is 58.7 Å². The summed E-state index contributed by atoms with van der Waals surface area (Å²) in [5.41, 5.74) is 4.79. The van der Waals surface area contributed by atoms with Gasteiger partial charge in [0.15, 0.2) is 5.78 Å². The molecule has 1 saturated carbocycles. The molecule has 1 aromatic carbocycles. The van der Waals surface area contributed by atoms with Crippen LogP contribution in [0, 0.1) is 20.8 Å². The number of aliphatic carboxylic acids is 1. The van der Waals surface area contributed by atoms with Gasteiger partial charge in [-0.3, -0.25) is 14.5 Å². The van der Waals surface area contributed by atoms with Crippen LogP contribution in [0.5, 0.6) is 0 Å². The summed E-state index contributed by atoms with van der Waals surface area (Å²) >= 11 is 0. The van der Waals surface area contributed by atoms with Gasteiger partial charge in [0.05, 0.1) is 6.54 Å². The van der Waals surface area contributed by atoms with Crippen molar-refractivity contribution in [2.75, 3.05) is 6.54 Å². The largest absolute Gasteiger partial charge is 0.480 e. The van der Waals surface area contributed by atoms with Crippen LogP contribution in [0.4, 0.5) is 0 Å². The van der Waals surface area contributed by atoms with Crippen molar-refractivity contribution in [1.29, 1.82) is 0 Å². The normalized spacial score (nSPS) is 15.3. The highest BCUT2D eigenvalue weighted by atomic mass is 16.4. The molecule has 1 aromatic heterocycles. The summed E-state index contributed by atoms with van der Waals surface area (Å²) in [7, 11) is 0. The summed E-state index contributed by atoms with van der Waals surface area (Å²) < 4.78 is 2.08. The monoisotopic (exact) mass is 354 g/mol. The van der Waals surface area contributed by atoms with Gasteiger partial charge < -0.3 is 9.67 Å². The zero-order chi connectivity index (χ0) is 19.0. The number of carboxylic acids is 1. The highest BCUT2D eigenvalue weighted by Gasteiger charge is 2.36. The number of ketones is 1. The third-order valence-corrected chi connectivity index (χ3v) is 5.22. The van der Waals surface area contributed by atoms with Crippen molar-refractivity contribution in [2.24, 2.45) is 0 Å². The molecule has 3 rings (SSSR count). The minimum atomic E-state index is -0.880. The predicted molar refractivity (Wildman–Crippen MR) is 101 cm³/mol. The first-order chi connectivity index (χ1) is 12.3. The van der Waals surface area contributed by atoms with E-state index in [4.69, 9.17) is 0 Å². The first kappa shape index (κ1) is 18.4. The van der Waals surface area contributed by atoms with Crippen molar-refractivity contribution in [1.82, 2.24) is 9.47 Å². The number of nitrogens with zero attached hydrogens (tertiary/aromatic N) is 2. The average Bonchev–Trinajstić information content (AvgIpc) is 3.38. The molecule has 5 nitrogen and oxygen atoms in total. The Morgan fingerprint density at radius 1 is 1.19 bits per heavy atom. The molecule has 1 unspecified atom stereocenters. The molecule has 26 heavy (non-hydrogen) atoms. The van der Waals surface area contributed by atoms with Crippen LogP contribution in [0.25, 0.3) is 5.69 Å². The summed E-state index contributed by atoms with van der Waals surface area (Å²) in [6.07, 6.45) is 1.93. The number of aromatic nitrogens is 1. The van der Waals surface area contributed by atoms with Crippen molar-refractivity contribution in [2.45, 2.75) is 52.6 Å². The van der Waals surface area contributed by atoms with Crippen molar-refractivity contribution in [3.8, 4) is 5.69 Å². The van der Waals surface area contributed by atoms with E-state index in [0.717, 1.165) is 29.9 Å². The van der Waals surface area contributed by atoms with E-state index < -0.39 is 12.0 Å². The van der Waals surface area contributed by atoms with E-state index in [2.05, 4.69) is 16.7 Å². The number of rotatable bonds is 7. The van der Waals surface area contributed by atoms with Crippen LogP contribution in [-0.2, 0) is 4.79 Å². The third kappa shape index (κ3) is 3.58. The molecule has 0 bridgehead atoms. The molecular formula is C21H26N2O3. The van der Waals surface area contributed by atoms with E-state index in [9.17, 15) is 14.7 Å². The van der Waals surface area contributed by atoms with E-state index in [0.29, 0.717) is 5.56 Å². The van der Waals surface area contributed by atoms with Gasteiger partial charge in [0.2, 0.25) is 0 Å². The summed E-state index contributed by atoms with van der Waals surface area (Å²) in [5.74, 6) is -0.897. The van der Waals surface area contributed by atoms with Crippen LogP contribution < -0.4 is 0 Å². The van der Waals surface area contributed by atoms with Gasteiger partial charge in [-0.1, -0.05) is 17.7 Å². The first-order valence-corrected chi connectivity index (χ1v) is 9.07. The van der Waals surface area contributed by atoms with Crippen LogP contribution >= 0.6 is 0 Å². The fourth-order valence-corrected chi connectivity index (χ4v) is 3.52. The molecule has 1 aliphatic rings. The second kappa shape index (κ2) is 7.08. The minimum Gasteiger partial charge on any atom is -0.480 e. The molecule has 1 atom stereocenters. The lowest BCUT2D eigenvalue weighted by Crippen LogP contribution is -2.43. The number of hydrogen-bond donors (Lipinski definition) is 1. The van der Waals surface area contributed by atoms with E-state index in [1.54, 1.807) is 6.92 Å². The molecule has 1 heterocycles. The molecule has 1 aliphatic carbocycles. The molecule has 0 spiro atoms. The Labute approximate surface area is 154 Å². The van der Waals surface area contributed by atoms with Crippen LogP contribution in [0.2, 0.25) is 0 Å². The van der Waals surface area contributed by atoms with Gasteiger partial charge in [-0.2, -0.15) is 0 Å². The van der Waals surface area contributed by atoms with Gasteiger partial charge >= 0.3 is 5.97 Å². The number of carboxylic acid groups (broad SMARTS) is 1. The van der Waals surface area contributed by atoms with Gasteiger partial charge in [-0.15, -0.1) is 0 Å². The lowest BCUT2D eigenvalue weighted by Gasteiger charge is -2.25. The Kier molecular flexibility index (Phi) is 5.01. The molecule has 0 saturated heterocycles. The second-order valence-electron chi connectivity index (χ2n) is 7.30. The zero-order valence-corrected chi connectivity index (χ0v) is 15.8. The number of carbonyl (C=O) groups excluding carboxylic acids is 1. The highest BCUT2D eigenvalue weighted by Crippen LogP contribution is 2.29.